The Kier molecular flexibility index (Phi) is 5.45. The maximum absolute atomic E-state index is 10.6. The van der Waals surface area contributed by atoms with Gasteiger partial charge in [-0.15, -0.1) is 0 Å². The van der Waals surface area contributed by atoms with Crippen molar-refractivity contribution in [2.24, 2.45) is 0 Å². The highest BCUT2D eigenvalue weighted by molar-refractivity contribution is 6.35. The second-order valence-corrected chi connectivity index (χ2v) is 5.22. The first-order valence-corrected chi connectivity index (χ1v) is 7.16. The molecule has 1 N–H and O–H groups in total. The van der Waals surface area contributed by atoms with Crippen LogP contribution in [0, 0.1) is 0 Å². The Morgan fingerprint density at radius 1 is 1.00 bits per heavy atom. The molecule has 0 heterocycles. The third kappa shape index (κ3) is 3.75. The van der Waals surface area contributed by atoms with Gasteiger partial charge in [0.2, 0.25) is 0 Å². The second kappa shape index (κ2) is 7.32. The van der Waals surface area contributed by atoms with E-state index in [1.165, 1.54) is 0 Å². The maximum Gasteiger partial charge on any atom is 0.124 e. The molecule has 0 radical (unpaired) electrons. The van der Waals surface area contributed by atoms with Crippen LogP contribution in [0.1, 0.15) is 11.1 Å². The van der Waals surface area contributed by atoms with Gasteiger partial charge in [-0.2, -0.15) is 0 Å². The Hall–Kier alpha value is -1.51. The van der Waals surface area contributed by atoms with E-state index in [9.17, 15) is 4.79 Å². The summed E-state index contributed by atoms with van der Waals surface area (Å²) < 4.78 is 0. The smallest absolute Gasteiger partial charge is 0.124 e. The van der Waals surface area contributed by atoms with Crippen molar-refractivity contribution in [1.29, 1.82) is 0 Å². The Morgan fingerprint density at radius 3 is 2.40 bits per heavy atom. The number of aldehydes is 1. The van der Waals surface area contributed by atoms with Crippen LogP contribution in [0.4, 0.5) is 5.69 Å². The Balaban J connectivity index is 2.01. The molecule has 0 aromatic heterocycles. The molecule has 104 valence electrons. The zero-order valence-electron chi connectivity index (χ0n) is 10.9. The molecule has 0 fully saturated rings. The third-order valence-corrected chi connectivity index (χ3v) is 3.78. The van der Waals surface area contributed by atoms with Crippen molar-refractivity contribution in [1.82, 2.24) is 0 Å². The van der Waals surface area contributed by atoms with Gasteiger partial charge in [-0.05, 0) is 35.7 Å². The second-order valence-electron chi connectivity index (χ2n) is 4.40. The zero-order chi connectivity index (χ0) is 14.4. The Morgan fingerprint density at radius 2 is 1.70 bits per heavy atom. The minimum absolute atomic E-state index is 0.413. The molecule has 0 aliphatic heterocycles. The number of carbonyl (C=O) groups is 1. The lowest BCUT2D eigenvalue weighted by Crippen LogP contribution is -2.07. The van der Waals surface area contributed by atoms with Gasteiger partial charge in [0, 0.05) is 28.7 Å². The Labute approximate surface area is 128 Å². The summed E-state index contributed by atoms with van der Waals surface area (Å²) >= 11 is 12.3. The number of carbonyl (C=O) groups excluding carboxylic acids is 1. The lowest BCUT2D eigenvalue weighted by Gasteiger charge is -2.12. The maximum atomic E-state index is 10.6. The average molecular weight is 308 g/mol. The van der Waals surface area contributed by atoms with Crippen LogP contribution in [0.3, 0.4) is 0 Å². The van der Waals surface area contributed by atoms with E-state index in [2.05, 4.69) is 5.32 Å². The molecule has 2 aromatic rings. The van der Waals surface area contributed by atoms with E-state index in [1.54, 1.807) is 0 Å². The highest BCUT2D eigenvalue weighted by Crippen LogP contribution is 2.25. The molecule has 0 bridgehead atoms. The predicted octanol–water partition coefficient (Wildman–Crippen LogP) is 4.39. The molecule has 4 heteroatoms. The normalized spacial score (nSPS) is 10.3. The molecule has 0 atom stereocenters. The quantitative estimate of drug-likeness (QED) is 0.802. The summed E-state index contributed by atoms with van der Waals surface area (Å²) in [6, 6.07) is 13.3. The molecule has 2 rings (SSSR count). The monoisotopic (exact) mass is 307 g/mol. The number of anilines is 1. The van der Waals surface area contributed by atoms with Crippen molar-refractivity contribution in [3.05, 3.63) is 63.6 Å². The lowest BCUT2D eigenvalue weighted by atomic mass is 10.1. The molecule has 0 saturated heterocycles. The number of benzene rings is 2. The largest absolute Gasteiger partial charge is 0.384 e. The molecule has 0 spiro atoms. The molecule has 2 aromatic carbocycles. The van der Waals surface area contributed by atoms with Gasteiger partial charge in [-0.25, -0.2) is 0 Å². The molecule has 2 nitrogen and oxygen atoms in total. The summed E-state index contributed by atoms with van der Waals surface area (Å²) in [4.78, 5) is 10.6. The van der Waals surface area contributed by atoms with Crippen LogP contribution in [-0.4, -0.2) is 12.8 Å². The van der Waals surface area contributed by atoms with Gasteiger partial charge in [0.15, 0.2) is 0 Å². The molecule has 0 saturated carbocycles. The molecular formula is C16H15Cl2NO. The van der Waals surface area contributed by atoms with Crippen molar-refractivity contribution < 1.29 is 4.79 Å². The fraction of sp³-hybridized carbons (Fsp3) is 0.188. The highest BCUT2D eigenvalue weighted by atomic mass is 35.5. The van der Waals surface area contributed by atoms with Gasteiger partial charge in [0.25, 0.3) is 0 Å². The van der Waals surface area contributed by atoms with E-state index in [0.717, 1.165) is 29.5 Å². The van der Waals surface area contributed by atoms with Crippen LogP contribution in [0.5, 0.6) is 0 Å². The van der Waals surface area contributed by atoms with Crippen LogP contribution < -0.4 is 5.32 Å². The minimum Gasteiger partial charge on any atom is -0.384 e. The van der Waals surface area contributed by atoms with Gasteiger partial charge in [-0.1, -0.05) is 47.5 Å². The first-order chi connectivity index (χ1) is 9.72. The summed E-state index contributed by atoms with van der Waals surface area (Å²) in [7, 11) is 0. The van der Waals surface area contributed by atoms with Gasteiger partial charge >= 0.3 is 0 Å². The standard InChI is InChI=1S/C16H15Cl2NO/c17-14-5-3-6-15(18)13(14)8-10-19-16-7-2-1-4-12(16)9-11-20/h1-7,11,19H,8-10H2. The van der Waals surface area contributed by atoms with Gasteiger partial charge in [0.05, 0.1) is 0 Å². The van der Waals surface area contributed by atoms with E-state index in [4.69, 9.17) is 23.2 Å². The van der Waals surface area contributed by atoms with Crippen LogP contribution >= 0.6 is 23.2 Å². The van der Waals surface area contributed by atoms with E-state index < -0.39 is 0 Å². The number of hydrogen-bond acceptors (Lipinski definition) is 2. The molecular weight excluding hydrogens is 293 g/mol. The zero-order valence-corrected chi connectivity index (χ0v) is 12.4. The highest BCUT2D eigenvalue weighted by Gasteiger charge is 2.06. The number of rotatable bonds is 6. The molecule has 20 heavy (non-hydrogen) atoms. The summed E-state index contributed by atoms with van der Waals surface area (Å²) in [5.41, 5.74) is 2.91. The van der Waals surface area contributed by atoms with Crippen LogP contribution in [0.15, 0.2) is 42.5 Å². The Bertz CT molecular complexity index is 579. The molecule has 0 amide bonds. The fourth-order valence-corrected chi connectivity index (χ4v) is 2.64. The number of hydrogen-bond donors (Lipinski definition) is 1. The fourth-order valence-electron chi connectivity index (χ4n) is 2.05. The van der Waals surface area contributed by atoms with Gasteiger partial charge in [-0.3, -0.25) is 0 Å². The SMILES string of the molecule is O=CCc1ccccc1NCCc1c(Cl)cccc1Cl. The molecule has 0 unspecified atom stereocenters. The van der Waals surface area contributed by atoms with E-state index in [-0.39, 0.29) is 0 Å². The summed E-state index contributed by atoms with van der Waals surface area (Å²) in [6.07, 6.45) is 2.05. The average Bonchev–Trinajstić information content (AvgIpc) is 2.44. The van der Waals surface area contributed by atoms with Crippen LogP contribution in [0.25, 0.3) is 0 Å². The van der Waals surface area contributed by atoms with Crippen molar-refractivity contribution in [3.63, 3.8) is 0 Å². The molecule has 0 aliphatic carbocycles. The van der Waals surface area contributed by atoms with E-state index >= 15 is 0 Å². The van der Waals surface area contributed by atoms with Crippen LogP contribution in [0.2, 0.25) is 10.0 Å². The lowest BCUT2D eigenvalue weighted by molar-refractivity contribution is -0.107. The van der Waals surface area contributed by atoms with Crippen molar-refractivity contribution in [2.45, 2.75) is 12.8 Å². The third-order valence-electron chi connectivity index (χ3n) is 3.07. The first kappa shape index (κ1) is 14.9. The van der Waals surface area contributed by atoms with E-state index in [1.807, 2.05) is 42.5 Å². The number of nitrogens with one attached hydrogen (secondary N) is 1. The van der Waals surface area contributed by atoms with Crippen molar-refractivity contribution in [3.8, 4) is 0 Å². The number of para-hydroxylation sites is 1. The minimum atomic E-state index is 0.413. The first-order valence-electron chi connectivity index (χ1n) is 6.40. The van der Waals surface area contributed by atoms with Crippen molar-refractivity contribution >= 4 is 35.2 Å². The molecule has 0 aliphatic rings. The van der Waals surface area contributed by atoms with Gasteiger partial charge < -0.3 is 10.1 Å². The number of halogens is 2. The van der Waals surface area contributed by atoms with Gasteiger partial charge in [0.1, 0.15) is 6.29 Å². The predicted molar refractivity (Wildman–Crippen MR) is 84.9 cm³/mol. The summed E-state index contributed by atoms with van der Waals surface area (Å²) in [6.45, 7) is 0.708. The van der Waals surface area contributed by atoms with Crippen molar-refractivity contribution in [2.75, 3.05) is 11.9 Å². The van der Waals surface area contributed by atoms with E-state index in [0.29, 0.717) is 23.0 Å². The topological polar surface area (TPSA) is 29.1 Å². The summed E-state index contributed by atoms with van der Waals surface area (Å²) in [5, 5.41) is 4.69. The van der Waals surface area contributed by atoms with Crippen LogP contribution in [-0.2, 0) is 17.6 Å². The summed E-state index contributed by atoms with van der Waals surface area (Å²) in [5.74, 6) is 0.